The van der Waals surface area contributed by atoms with Gasteiger partial charge in [-0.3, -0.25) is 0 Å². The van der Waals surface area contributed by atoms with Crippen LogP contribution in [-0.4, -0.2) is 40.7 Å². The molecule has 0 amide bonds. The number of alkyl halides is 6. The van der Waals surface area contributed by atoms with Crippen LogP contribution in [0.4, 0.5) is 32.2 Å². The first-order valence-electron chi connectivity index (χ1n) is 11.7. The van der Waals surface area contributed by atoms with E-state index in [1.54, 1.807) is 29.2 Å². The summed E-state index contributed by atoms with van der Waals surface area (Å²) in [6.07, 6.45) is -8.69. The number of carboxylic acids is 1. The van der Waals surface area contributed by atoms with Crippen LogP contribution in [-0.2, 0) is 24.2 Å². The third kappa shape index (κ3) is 9.69. The molecule has 0 aliphatic rings. The Labute approximate surface area is 220 Å². The number of ether oxygens (including phenoxy) is 2. The van der Waals surface area contributed by atoms with Crippen molar-refractivity contribution in [1.82, 2.24) is 4.98 Å². The molecule has 3 aromatic rings. The van der Waals surface area contributed by atoms with E-state index in [2.05, 4.69) is 9.72 Å². The van der Waals surface area contributed by atoms with Crippen molar-refractivity contribution in [3.8, 4) is 11.5 Å². The molecule has 0 fully saturated rings. The average Bonchev–Trinajstić information content (AvgIpc) is 2.82. The summed E-state index contributed by atoms with van der Waals surface area (Å²) >= 11 is 0. The number of pyridine rings is 1. The number of halogens is 6. The fraction of sp³-hybridized carbons (Fsp3) is 0.333. The summed E-state index contributed by atoms with van der Waals surface area (Å²) < 4.78 is 85.0. The highest BCUT2D eigenvalue weighted by molar-refractivity contribution is 5.76. The molecule has 12 heteroatoms. The van der Waals surface area contributed by atoms with Gasteiger partial charge in [-0.05, 0) is 67.3 Å². The van der Waals surface area contributed by atoms with E-state index in [-0.39, 0.29) is 17.9 Å². The van der Waals surface area contributed by atoms with Gasteiger partial charge >= 0.3 is 18.5 Å². The molecule has 0 saturated carbocycles. The molecule has 1 heterocycles. The molecule has 3 rings (SSSR count). The van der Waals surface area contributed by atoms with Gasteiger partial charge in [-0.2, -0.15) is 13.2 Å². The van der Waals surface area contributed by atoms with E-state index < -0.39 is 30.5 Å². The fourth-order valence-electron chi connectivity index (χ4n) is 3.56. The zero-order valence-corrected chi connectivity index (χ0v) is 21.0. The van der Waals surface area contributed by atoms with Gasteiger partial charge in [-0.15, -0.1) is 13.2 Å². The van der Waals surface area contributed by atoms with Gasteiger partial charge in [-0.25, -0.2) is 9.78 Å². The highest BCUT2D eigenvalue weighted by Crippen LogP contribution is 2.26. The van der Waals surface area contributed by atoms with Crippen LogP contribution in [0.2, 0.25) is 0 Å². The minimum Gasteiger partial charge on any atom is -0.478 e. The number of benzene rings is 2. The van der Waals surface area contributed by atoms with Crippen molar-refractivity contribution in [3.05, 3.63) is 83.6 Å². The number of carboxylic acid groups (broad SMARTS) is 1. The SMILES string of the molecule is CC(C)(Oc1ccc(CCN(Cc2ccc(OC(F)(F)F)cc2)c2ccc(CC(F)(F)F)cn2)cc1)C(=O)O. The maximum atomic E-state index is 12.7. The molecular formula is C27H26F6N2O4. The topological polar surface area (TPSA) is 71.9 Å². The Kier molecular flexibility index (Phi) is 8.98. The molecule has 0 radical (unpaired) electrons. The number of anilines is 1. The standard InChI is InChI=1S/C27H26F6N2O4/c1-25(2,24(36)37)38-21-8-3-18(4-9-21)13-14-35(23-12-7-20(16-34-23)15-26(28,29)30)17-19-5-10-22(11-6-19)39-27(31,32)33/h3-12,16H,13-15,17H2,1-2H3,(H,36,37). The molecule has 39 heavy (non-hydrogen) atoms. The van der Waals surface area contributed by atoms with Crippen molar-refractivity contribution in [2.24, 2.45) is 0 Å². The molecule has 0 aliphatic carbocycles. The second-order valence-corrected chi connectivity index (χ2v) is 9.24. The lowest BCUT2D eigenvalue weighted by Crippen LogP contribution is -2.37. The van der Waals surface area contributed by atoms with Crippen LogP contribution in [0.15, 0.2) is 66.9 Å². The summed E-state index contributed by atoms with van der Waals surface area (Å²) in [5, 5.41) is 9.22. The van der Waals surface area contributed by atoms with Gasteiger partial charge in [0.05, 0.1) is 6.42 Å². The van der Waals surface area contributed by atoms with E-state index in [9.17, 15) is 36.2 Å². The lowest BCUT2D eigenvalue weighted by Gasteiger charge is -2.25. The van der Waals surface area contributed by atoms with Gasteiger partial charge in [0.15, 0.2) is 5.60 Å². The van der Waals surface area contributed by atoms with E-state index in [1.165, 1.54) is 50.2 Å². The number of aliphatic carboxylic acids is 1. The van der Waals surface area contributed by atoms with Crippen molar-refractivity contribution in [2.75, 3.05) is 11.4 Å². The van der Waals surface area contributed by atoms with Crippen molar-refractivity contribution in [3.63, 3.8) is 0 Å². The number of hydrogen-bond acceptors (Lipinski definition) is 5. The lowest BCUT2D eigenvalue weighted by molar-refractivity contribution is -0.274. The molecule has 1 N–H and O–H groups in total. The average molecular weight is 557 g/mol. The normalized spacial score (nSPS) is 12.2. The van der Waals surface area contributed by atoms with Crippen LogP contribution in [0.25, 0.3) is 0 Å². The van der Waals surface area contributed by atoms with Crippen molar-refractivity contribution < 1.29 is 45.7 Å². The second-order valence-electron chi connectivity index (χ2n) is 9.24. The molecule has 1 aromatic heterocycles. The summed E-state index contributed by atoms with van der Waals surface area (Å²) in [5.41, 5.74) is 0.0799. The Balaban J connectivity index is 1.75. The largest absolute Gasteiger partial charge is 0.573 e. The number of rotatable bonds is 11. The quantitative estimate of drug-likeness (QED) is 0.269. The highest BCUT2D eigenvalue weighted by Gasteiger charge is 2.31. The zero-order valence-electron chi connectivity index (χ0n) is 21.0. The first kappa shape index (κ1) is 29.6. The van der Waals surface area contributed by atoms with E-state index in [4.69, 9.17) is 4.74 Å². The van der Waals surface area contributed by atoms with Crippen LogP contribution >= 0.6 is 0 Å². The Morgan fingerprint density at radius 3 is 1.85 bits per heavy atom. The van der Waals surface area contributed by atoms with E-state index >= 15 is 0 Å². The predicted octanol–water partition coefficient (Wildman–Crippen LogP) is 6.58. The highest BCUT2D eigenvalue weighted by atomic mass is 19.4. The Morgan fingerprint density at radius 2 is 1.36 bits per heavy atom. The Bertz CT molecular complexity index is 1230. The minimum absolute atomic E-state index is 0.000254. The van der Waals surface area contributed by atoms with Crippen molar-refractivity contribution >= 4 is 11.8 Å². The number of carbonyl (C=O) groups is 1. The van der Waals surface area contributed by atoms with E-state index in [0.29, 0.717) is 30.1 Å². The van der Waals surface area contributed by atoms with Crippen molar-refractivity contribution in [2.45, 2.75) is 51.4 Å². The maximum Gasteiger partial charge on any atom is 0.573 e. The van der Waals surface area contributed by atoms with Crippen LogP contribution in [0.3, 0.4) is 0 Å². The summed E-state index contributed by atoms with van der Waals surface area (Å²) in [4.78, 5) is 17.2. The zero-order chi connectivity index (χ0) is 28.8. The molecule has 210 valence electrons. The second kappa shape index (κ2) is 11.8. The lowest BCUT2D eigenvalue weighted by atomic mass is 10.1. The Morgan fingerprint density at radius 1 is 0.821 bits per heavy atom. The van der Waals surface area contributed by atoms with Gasteiger partial charge in [0, 0.05) is 19.3 Å². The molecule has 0 aliphatic heterocycles. The van der Waals surface area contributed by atoms with Crippen LogP contribution < -0.4 is 14.4 Å². The third-order valence-electron chi connectivity index (χ3n) is 5.55. The maximum absolute atomic E-state index is 12.7. The van der Waals surface area contributed by atoms with Crippen molar-refractivity contribution in [1.29, 1.82) is 0 Å². The molecule has 0 atom stereocenters. The molecule has 0 bridgehead atoms. The Hall–Kier alpha value is -3.96. The number of hydrogen-bond donors (Lipinski definition) is 1. The first-order chi connectivity index (χ1) is 18.1. The summed E-state index contributed by atoms with van der Waals surface area (Å²) in [6.45, 7) is 3.44. The smallest absolute Gasteiger partial charge is 0.478 e. The van der Waals surface area contributed by atoms with Gasteiger partial charge < -0.3 is 19.5 Å². The van der Waals surface area contributed by atoms with Gasteiger partial charge in [0.25, 0.3) is 0 Å². The molecule has 0 unspecified atom stereocenters. The van der Waals surface area contributed by atoms with E-state index in [1.807, 2.05) is 0 Å². The van der Waals surface area contributed by atoms with Gasteiger partial charge in [0.1, 0.15) is 17.3 Å². The first-order valence-corrected chi connectivity index (χ1v) is 11.7. The van der Waals surface area contributed by atoms with E-state index in [0.717, 1.165) is 11.8 Å². The van der Waals surface area contributed by atoms with Gasteiger partial charge in [-0.1, -0.05) is 30.3 Å². The molecule has 6 nitrogen and oxygen atoms in total. The molecule has 0 saturated heterocycles. The van der Waals surface area contributed by atoms with Crippen LogP contribution in [0.1, 0.15) is 30.5 Å². The summed E-state index contributed by atoms with van der Waals surface area (Å²) in [7, 11) is 0. The monoisotopic (exact) mass is 556 g/mol. The number of aromatic nitrogens is 1. The summed E-state index contributed by atoms with van der Waals surface area (Å²) in [6, 6.07) is 14.9. The van der Waals surface area contributed by atoms with Gasteiger partial charge in [0.2, 0.25) is 0 Å². The molecule has 2 aromatic carbocycles. The number of nitrogens with zero attached hydrogens (tertiary/aromatic N) is 2. The molecule has 0 spiro atoms. The van der Waals surface area contributed by atoms with Crippen LogP contribution in [0, 0.1) is 0 Å². The third-order valence-corrected chi connectivity index (χ3v) is 5.55. The minimum atomic E-state index is -4.82. The van der Waals surface area contributed by atoms with Crippen LogP contribution in [0.5, 0.6) is 11.5 Å². The summed E-state index contributed by atoms with van der Waals surface area (Å²) in [5.74, 6) is -0.736. The molecular weight excluding hydrogens is 530 g/mol. The fourth-order valence-corrected chi connectivity index (χ4v) is 3.56. The predicted molar refractivity (Wildman–Crippen MR) is 131 cm³/mol.